The maximum atomic E-state index is 11.4. The number of halogens is 1. The molecule has 0 radical (unpaired) electrons. The van der Waals surface area contributed by atoms with Crippen LogP contribution >= 0.6 is 15.9 Å². The Hall–Kier alpha value is -1.36. The molecule has 0 fully saturated rings. The van der Waals surface area contributed by atoms with Crippen LogP contribution in [0, 0.1) is 0 Å². The monoisotopic (exact) mass is 254 g/mol. The van der Waals surface area contributed by atoms with Gasteiger partial charge in [0.1, 0.15) is 10.9 Å². The van der Waals surface area contributed by atoms with Crippen molar-refractivity contribution in [2.45, 2.75) is 0 Å². The zero-order valence-electron chi connectivity index (χ0n) is 7.40. The number of nitrogens with zero attached hydrogens (tertiary/aromatic N) is 2. The average molecular weight is 255 g/mol. The van der Waals surface area contributed by atoms with E-state index in [1.165, 1.54) is 7.11 Å². The fourth-order valence-corrected chi connectivity index (χ4v) is 1.80. The van der Waals surface area contributed by atoms with E-state index in [-0.39, 0.29) is 5.97 Å². The van der Waals surface area contributed by atoms with Gasteiger partial charge in [-0.1, -0.05) is 0 Å². The maximum Gasteiger partial charge on any atom is 0.340 e. The van der Waals surface area contributed by atoms with Crippen LogP contribution in [0.1, 0.15) is 10.4 Å². The molecular formula is C9H7BrN2O2. The number of methoxy groups -OCH3 is 1. The molecule has 0 aromatic carbocycles. The Morgan fingerprint density at radius 2 is 2.43 bits per heavy atom. The van der Waals surface area contributed by atoms with E-state index in [2.05, 4.69) is 25.7 Å². The molecule has 0 unspecified atom stereocenters. The summed E-state index contributed by atoms with van der Waals surface area (Å²) in [5.74, 6) is -0.364. The third kappa shape index (κ3) is 1.29. The predicted molar refractivity (Wildman–Crippen MR) is 54.2 cm³/mol. The second kappa shape index (κ2) is 3.42. The molecule has 5 heteroatoms. The Kier molecular flexibility index (Phi) is 2.25. The van der Waals surface area contributed by atoms with E-state index in [0.717, 1.165) is 5.52 Å². The number of esters is 1. The minimum atomic E-state index is -0.364. The van der Waals surface area contributed by atoms with Crippen LogP contribution in [0.5, 0.6) is 0 Å². The highest BCUT2D eigenvalue weighted by atomic mass is 79.9. The van der Waals surface area contributed by atoms with Gasteiger partial charge in [-0.25, -0.2) is 9.78 Å². The van der Waals surface area contributed by atoms with E-state index in [9.17, 15) is 4.79 Å². The number of imidazole rings is 1. The van der Waals surface area contributed by atoms with E-state index >= 15 is 0 Å². The second-order valence-electron chi connectivity index (χ2n) is 2.70. The van der Waals surface area contributed by atoms with Crippen LogP contribution in [0.2, 0.25) is 0 Å². The third-order valence-corrected chi connectivity index (χ3v) is 2.50. The molecule has 0 spiro atoms. The summed E-state index contributed by atoms with van der Waals surface area (Å²) >= 11 is 3.28. The lowest BCUT2D eigenvalue weighted by Crippen LogP contribution is -2.03. The van der Waals surface area contributed by atoms with Crippen molar-refractivity contribution in [1.29, 1.82) is 0 Å². The summed E-state index contributed by atoms with van der Waals surface area (Å²) in [5.41, 5.74) is 1.22. The lowest BCUT2D eigenvalue weighted by atomic mass is 10.2. The number of rotatable bonds is 1. The molecular weight excluding hydrogens is 248 g/mol. The van der Waals surface area contributed by atoms with Gasteiger partial charge in [-0.05, 0) is 28.1 Å². The Labute approximate surface area is 88.6 Å². The SMILES string of the molecule is COC(=O)c1cccn2cnc(Br)c12. The number of hydrogen-bond acceptors (Lipinski definition) is 3. The molecule has 2 aromatic rings. The van der Waals surface area contributed by atoms with Crippen molar-refractivity contribution in [3.05, 3.63) is 34.8 Å². The quantitative estimate of drug-likeness (QED) is 0.731. The fraction of sp³-hybridized carbons (Fsp3) is 0.111. The zero-order chi connectivity index (χ0) is 10.1. The van der Waals surface area contributed by atoms with E-state index in [4.69, 9.17) is 0 Å². The highest BCUT2D eigenvalue weighted by Crippen LogP contribution is 2.20. The summed E-state index contributed by atoms with van der Waals surface area (Å²) in [6, 6.07) is 3.47. The summed E-state index contributed by atoms with van der Waals surface area (Å²) < 4.78 is 7.07. The average Bonchev–Trinajstić information content (AvgIpc) is 2.59. The number of ether oxygens (including phenoxy) is 1. The van der Waals surface area contributed by atoms with Gasteiger partial charge in [-0.3, -0.25) is 0 Å². The van der Waals surface area contributed by atoms with E-state index < -0.39 is 0 Å². The van der Waals surface area contributed by atoms with Gasteiger partial charge in [0, 0.05) is 6.20 Å². The van der Waals surface area contributed by atoms with Crippen LogP contribution in [0.15, 0.2) is 29.3 Å². The molecule has 0 aliphatic heterocycles. The summed E-state index contributed by atoms with van der Waals surface area (Å²) in [4.78, 5) is 15.4. The summed E-state index contributed by atoms with van der Waals surface area (Å²) in [7, 11) is 1.36. The zero-order valence-corrected chi connectivity index (χ0v) is 8.98. The van der Waals surface area contributed by atoms with E-state index in [1.807, 2.05) is 6.20 Å². The molecule has 14 heavy (non-hydrogen) atoms. The van der Waals surface area contributed by atoms with Crippen LogP contribution in [0.25, 0.3) is 5.52 Å². The number of pyridine rings is 1. The Bertz CT molecular complexity index is 493. The first kappa shape index (κ1) is 9.21. The van der Waals surface area contributed by atoms with Crippen molar-refractivity contribution in [2.24, 2.45) is 0 Å². The lowest BCUT2D eigenvalue weighted by Gasteiger charge is -2.01. The van der Waals surface area contributed by atoms with Crippen molar-refractivity contribution in [2.75, 3.05) is 7.11 Å². The van der Waals surface area contributed by atoms with Crippen LogP contribution in [0.4, 0.5) is 0 Å². The standard InChI is InChI=1S/C9H7BrN2O2/c1-14-9(13)6-3-2-4-12-5-11-8(10)7(6)12/h2-5H,1H3. The van der Waals surface area contributed by atoms with Crippen LogP contribution in [-0.4, -0.2) is 22.5 Å². The molecule has 0 N–H and O–H groups in total. The fourth-order valence-electron chi connectivity index (χ4n) is 1.29. The highest BCUT2D eigenvalue weighted by Gasteiger charge is 2.13. The highest BCUT2D eigenvalue weighted by molar-refractivity contribution is 9.10. The van der Waals surface area contributed by atoms with Gasteiger partial charge >= 0.3 is 5.97 Å². The molecule has 2 aromatic heterocycles. The summed E-state index contributed by atoms with van der Waals surface area (Å²) in [6.07, 6.45) is 3.45. The number of hydrogen-bond donors (Lipinski definition) is 0. The van der Waals surface area contributed by atoms with E-state index in [0.29, 0.717) is 10.2 Å². The predicted octanol–water partition coefficient (Wildman–Crippen LogP) is 1.88. The minimum absolute atomic E-state index is 0.364. The number of carbonyl (C=O) groups is 1. The molecule has 0 aliphatic carbocycles. The molecule has 0 saturated heterocycles. The summed E-state index contributed by atoms with van der Waals surface area (Å²) in [5, 5.41) is 0. The molecule has 0 amide bonds. The van der Waals surface area contributed by atoms with Crippen molar-refractivity contribution >= 4 is 27.4 Å². The van der Waals surface area contributed by atoms with Crippen molar-refractivity contribution in [3.8, 4) is 0 Å². The maximum absolute atomic E-state index is 11.4. The van der Waals surface area contributed by atoms with Gasteiger partial charge in [0.05, 0.1) is 18.2 Å². The Morgan fingerprint density at radius 3 is 3.14 bits per heavy atom. The van der Waals surface area contributed by atoms with Gasteiger partial charge in [-0.2, -0.15) is 0 Å². The van der Waals surface area contributed by atoms with Crippen molar-refractivity contribution < 1.29 is 9.53 Å². The first-order chi connectivity index (χ1) is 6.74. The van der Waals surface area contributed by atoms with Gasteiger partial charge in [0.2, 0.25) is 0 Å². The molecule has 0 bridgehead atoms. The molecule has 0 saturated carbocycles. The number of fused-ring (bicyclic) bond motifs is 1. The Balaban J connectivity index is 2.75. The topological polar surface area (TPSA) is 43.6 Å². The minimum Gasteiger partial charge on any atom is -0.465 e. The molecule has 2 heterocycles. The molecule has 4 nitrogen and oxygen atoms in total. The van der Waals surface area contributed by atoms with Crippen LogP contribution in [0.3, 0.4) is 0 Å². The van der Waals surface area contributed by atoms with Gasteiger partial charge in [0.25, 0.3) is 0 Å². The third-order valence-electron chi connectivity index (χ3n) is 1.92. The number of carbonyl (C=O) groups excluding carboxylic acids is 1. The lowest BCUT2D eigenvalue weighted by molar-refractivity contribution is 0.0602. The van der Waals surface area contributed by atoms with Gasteiger partial charge in [0.15, 0.2) is 0 Å². The summed E-state index contributed by atoms with van der Waals surface area (Å²) in [6.45, 7) is 0. The number of aromatic nitrogens is 2. The van der Waals surface area contributed by atoms with E-state index in [1.54, 1.807) is 22.9 Å². The van der Waals surface area contributed by atoms with Gasteiger partial charge in [-0.15, -0.1) is 0 Å². The largest absolute Gasteiger partial charge is 0.465 e. The second-order valence-corrected chi connectivity index (χ2v) is 3.46. The van der Waals surface area contributed by atoms with Crippen molar-refractivity contribution in [1.82, 2.24) is 9.38 Å². The van der Waals surface area contributed by atoms with Crippen LogP contribution < -0.4 is 0 Å². The molecule has 72 valence electrons. The molecule has 2 rings (SSSR count). The molecule has 0 atom stereocenters. The molecule has 0 aliphatic rings. The Morgan fingerprint density at radius 1 is 1.64 bits per heavy atom. The normalized spacial score (nSPS) is 10.4. The first-order valence-electron chi connectivity index (χ1n) is 3.93. The first-order valence-corrected chi connectivity index (χ1v) is 4.73. The smallest absolute Gasteiger partial charge is 0.340 e. The van der Waals surface area contributed by atoms with Crippen molar-refractivity contribution in [3.63, 3.8) is 0 Å². The van der Waals surface area contributed by atoms with Gasteiger partial charge < -0.3 is 9.14 Å². The van der Waals surface area contributed by atoms with Crippen LogP contribution in [-0.2, 0) is 4.74 Å².